The van der Waals surface area contributed by atoms with Crippen molar-refractivity contribution in [3.8, 4) is 0 Å². The molecule has 7 heteroatoms. The summed E-state index contributed by atoms with van der Waals surface area (Å²) < 4.78 is 0. The summed E-state index contributed by atoms with van der Waals surface area (Å²) in [7, 11) is 0. The van der Waals surface area contributed by atoms with Gasteiger partial charge in [-0.2, -0.15) is 0 Å². The van der Waals surface area contributed by atoms with Crippen LogP contribution in [0.1, 0.15) is 6.92 Å². The molecule has 1 aliphatic heterocycles. The summed E-state index contributed by atoms with van der Waals surface area (Å²) in [6, 6.07) is 3.93. The van der Waals surface area contributed by atoms with Crippen LogP contribution in [-0.2, 0) is 4.79 Å². The molecular weight excluding hydrogens is 289 g/mol. The quantitative estimate of drug-likeness (QED) is 0.836. The number of hydrogen-bond acceptors (Lipinski definition) is 2. The Kier molecular flexibility index (Phi) is 4.17. The monoisotopic (exact) mass is 301 g/mol. The molecule has 2 rings (SSSR count). The van der Waals surface area contributed by atoms with Crippen LogP contribution in [0.5, 0.6) is 0 Å². The first-order valence-electron chi connectivity index (χ1n) is 5.79. The summed E-state index contributed by atoms with van der Waals surface area (Å²) in [6.45, 7) is 2.57. The van der Waals surface area contributed by atoms with Gasteiger partial charge in [-0.25, -0.2) is 4.79 Å². The number of hydrogen-bond donors (Lipinski definition) is 2. The molecule has 102 valence electrons. The smallest absolute Gasteiger partial charge is 0.322 e. The van der Waals surface area contributed by atoms with Gasteiger partial charge in [0.15, 0.2) is 0 Å². The maximum absolute atomic E-state index is 12.1. The molecule has 0 bridgehead atoms. The highest BCUT2D eigenvalue weighted by Gasteiger charge is 2.29. The Hall–Kier alpha value is -1.46. The molecule has 0 aromatic heterocycles. The lowest BCUT2D eigenvalue weighted by atomic mass is 10.2. The SMILES string of the molecule is CC1C(=O)NCCN1C(=O)Nc1cc(Cl)ccc1Cl. The lowest BCUT2D eigenvalue weighted by Crippen LogP contribution is -2.56. The van der Waals surface area contributed by atoms with Crippen molar-refractivity contribution in [2.45, 2.75) is 13.0 Å². The van der Waals surface area contributed by atoms with Crippen molar-refractivity contribution in [1.82, 2.24) is 10.2 Å². The fraction of sp³-hybridized carbons (Fsp3) is 0.333. The minimum Gasteiger partial charge on any atom is -0.353 e. The van der Waals surface area contributed by atoms with Crippen molar-refractivity contribution in [3.63, 3.8) is 0 Å². The molecule has 0 radical (unpaired) electrons. The largest absolute Gasteiger partial charge is 0.353 e. The molecule has 2 N–H and O–H groups in total. The number of amides is 3. The Morgan fingerprint density at radius 2 is 2.21 bits per heavy atom. The summed E-state index contributed by atoms with van der Waals surface area (Å²) in [5.74, 6) is -0.168. The minimum atomic E-state index is -0.508. The van der Waals surface area contributed by atoms with Crippen LogP contribution in [0.3, 0.4) is 0 Å². The van der Waals surface area contributed by atoms with E-state index in [4.69, 9.17) is 23.2 Å². The highest BCUT2D eigenvalue weighted by Crippen LogP contribution is 2.25. The van der Waals surface area contributed by atoms with Gasteiger partial charge < -0.3 is 15.5 Å². The normalized spacial score (nSPS) is 19.0. The topological polar surface area (TPSA) is 61.4 Å². The zero-order valence-electron chi connectivity index (χ0n) is 10.2. The fourth-order valence-electron chi connectivity index (χ4n) is 1.84. The molecular formula is C12H13Cl2N3O2. The number of urea groups is 1. The molecule has 1 heterocycles. The maximum Gasteiger partial charge on any atom is 0.322 e. The van der Waals surface area contributed by atoms with Crippen molar-refractivity contribution in [3.05, 3.63) is 28.2 Å². The number of benzene rings is 1. The number of piperazine rings is 1. The van der Waals surface area contributed by atoms with Gasteiger partial charge in [0.05, 0.1) is 10.7 Å². The molecule has 19 heavy (non-hydrogen) atoms. The van der Waals surface area contributed by atoms with Crippen LogP contribution in [0.15, 0.2) is 18.2 Å². The van der Waals surface area contributed by atoms with E-state index in [1.807, 2.05) is 0 Å². The maximum atomic E-state index is 12.1. The lowest BCUT2D eigenvalue weighted by Gasteiger charge is -2.32. The van der Waals surface area contributed by atoms with Gasteiger partial charge in [0, 0.05) is 18.1 Å². The number of halogens is 2. The molecule has 1 saturated heterocycles. The molecule has 1 aliphatic rings. The highest BCUT2D eigenvalue weighted by atomic mass is 35.5. The molecule has 1 fully saturated rings. The van der Waals surface area contributed by atoms with Gasteiger partial charge in [-0.3, -0.25) is 4.79 Å². The van der Waals surface area contributed by atoms with E-state index in [1.54, 1.807) is 25.1 Å². The summed E-state index contributed by atoms with van der Waals surface area (Å²) in [5, 5.41) is 6.23. The molecule has 1 unspecified atom stereocenters. The van der Waals surface area contributed by atoms with Crippen LogP contribution in [0.4, 0.5) is 10.5 Å². The molecule has 5 nitrogen and oxygen atoms in total. The lowest BCUT2D eigenvalue weighted by molar-refractivity contribution is -0.126. The van der Waals surface area contributed by atoms with E-state index < -0.39 is 6.04 Å². The zero-order valence-corrected chi connectivity index (χ0v) is 11.8. The van der Waals surface area contributed by atoms with Crippen LogP contribution in [0.2, 0.25) is 10.0 Å². The Balaban J connectivity index is 2.12. The van der Waals surface area contributed by atoms with E-state index in [9.17, 15) is 9.59 Å². The molecule has 1 aromatic rings. The second-order valence-electron chi connectivity index (χ2n) is 4.21. The number of carbonyl (C=O) groups is 2. The highest BCUT2D eigenvalue weighted by molar-refractivity contribution is 6.35. The molecule has 0 spiro atoms. The number of nitrogens with one attached hydrogen (secondary N) is 2. The average Bonchev–Trinajstić information content (AvgIpc) is 2.37. The Morgan fingerprint density at radius 1 is 1.47 bits per heavy atom. The first kappa shape index (κ1) is 14.0. The Labute approximate surface area is 120 Å². The van der Waals surface area contributed by atoms with Crippen molar-refractivity contribution in [2.24, 2.45) is 0 Å². The Bertz CT molecular complexity index is 522. The van der Waals surface area contributed by atoms with Crippen molar-refractivity contribution in [2.75, 3.05) is 18.4 Å². The van der Waals surface area contributed by atoms with Crippen LogP contribution in [0, 0.1) is 0 Å². The molecule has 1 atom stereocenters. The third-order valence-electron chi connectivity index (χ3n) is 2.93. The number of anilines is 1. The first-order chi connectivity index (χ1) is 8.99. The fourth-order valence-corrected chi connectivity index (χ4v) is 2.18. The second kappa shape index (κ2) is 5.67. The minimum absolute atomic E-state index is 0.168. The van der Waals surface area contributed by atoms with Crippen molar-refractivity contribution >= 4 is 40.8 Å². The standard InChI is InChI=1S/C12H13Cl2N3O2/c1-7-11(18)15-4-5-17(7)12(19)16-10-6-8(13)2-3-9(10)14/h2-3,6-7H,4-5H2,1H3,(H,15,18)(H,16,19). The van der Waals surface area contributed by atoms with Crippen LogP contribution >= 0.6 is 23.2 Å². The van der Waals surface area contributed by atoms with Crippen molar-refractivity contribution < 1.29 is 9.59 Å². The van der Waals surface area contributed by atoms with Gasteiger partial charge in [-0.15, -0.1) is 0 Å². The predicted molar refractivity (Wildman–Crippen MR) is 74.7 cm³/mol. The van der Waals surface area contributed by atoms with E-state index >= 15 is 0 Å². The number of carbonyl (C=O) groups excluding carboxylic acids is 2. The second-order valence-corrected chi connectivity index (χ2v) is 5.06. The molecule has 0 saturated carbocycles. The van der Waals surface area contributed by atoms with E-state index in [1.165, 1.54) is 4.90 Å². The van der Waals surface area contributed by atoms with E-state index in [-0.39, 0.29) is 11.9 Å². The van der Waals surface area contributed by atoms with Crippen LogP contribution < -0.4 is 10.6 Å². The van der Waals surface area contributed by atoms with Crippen molar-refractivity contribution in [1.29, 1.82) is 0 Å². The first-order valence-corrected chi connectivity index (χ1v) is 6.55. The summed E-state index contributed by atoms with van der Waals surface area (Å²) >= 11 is 11.8. The predicted octanol–water partition coefficient (Wildman–Crippen LogP) is 2.35. The van der Waals surface area contributed by atoms with Gasteiger partial charge in [-0.05, 0) is 25.1 Å². The van der Waals surface area contributed by atoms with Gasteiger partial charge in [-0.1, -0.05) is 23.2 Å². The molecule has 1 aromatic carbocycles. The number of rotatable bonds is 1. The third kappa shape index (κ3) is 3.11. The van der Waals surface area contributed by atoms with Gasteiger partial charge >= 0.3 is 6.03 Å². The molecule has 0 aliphatic carbocycles. The van der Waals surface area contributed by atoms with Crippen LogP contribution in [-0.4, -0.2) is 36.0 Å². The van der Waals surface area contributed by atoms with Gasteiger partial charge in [0.25, 0.3) is 0 Å². The van der Waals surface area contributed by atoms with Crippen LogP contribution in [0.25, 0.3) is 0 Å². The number of nitrogens with zero attached hydrogens (tertiary/aromatic N) is 1. The third-order valence-corrected chi connectivity index (χ3v) is 3.49. The van der Waals surface area contributed by atoms with E-state index in [2.05, 4.69) is 10.6 Å². The summed E-state index contributed by atoms with van der Waals surface area (Å²) in [4.78, 5) is 25.1. The Morgan fingerprint density at radius 3 is 2.95 bits per heavy atom. The van der Waals surface area contributed by atoms with E-state index in [0.29, 0.717) is 28.8 Å². The van der Waals surface area contributed by atoms with Gasteiger partial charge in [0.1, 0.15) is 6.04 Å². The molecule has 3 amide bonds. The summed E-state index contributed by atoms with van der Waals surface area (Å²) in [5.41, 5.74) is 0.428. The average molecular weight is 302 g/mol. The zero-order chi connectivity index (χ0) is 14.0. The van der Waals surface area contributed by atoms with E-state index in [0.717, 1.165) is 0 Å². The van der Waals surface area contributed by atoms with Gasteiger partial charge in [0.2, 0.25) is 5.91 Å². The summed E-state index contributed by atoms with van der Waals surface area (Å²) in [6.07, 6.45) is 0.